The lowest BCUT2D eigenvalue weighted by Crippen LogP contribution is -2.48. The Balaban J connectivity index is 1.02. The van der Waals surface area contributed by atoms with Gasteiger partial charge in [-0.05, 0) is 60.7 Å². The molecule has 3 aromatic carbocycles. The molecular formula is C38H33N7O7S2. The number of thioether (sulfide) groups is 1. The van der Waals surface area contributed by atoms with E-state index in [1.807, 2.05) is 40.0 Å². The van der Waals surface area contributed by atoms with E-state index in [1.54, 1.807) is 41.1 Å². The molecular weight excluding hydrogens is 731 g/mol. The summed E-state index contributed by atoms with van der Waals surface area (Å²) >= 11 is 1.57. The molecule has 1 fully saturated rings. The molecule has 16 heteroatoms. The SMILES string of the molecule is O=C(NS(=O)(=O)c1ccc(NCCSc2ccccc2)c([N+](=O)[O-])c1)c1ccc(N2CCN(C(=O)c3cncc(C#Cc4cncc(O)c4)c3)CC2)cc1. The van der Waals surface area contributed by atoms with Gasteiger partial charge in [-0.3, -0.25) is 29.7 Å². The van der Waals surface area contributed by atoms with Gasteiger partial charge >= 0.3 is 0 Å². The number of nitro groups is 1. The van der Waals surface area contributed by atoms with Gasteiger partial charge in [0, 0.05) is 90.4 Å². The lowest BCUT2D eigenvalue weighted by molar-refractivity contribution is -0.384. The average Bonchev–Trinajstić information content (AvgIpc) is 3.19. The zero-order valence-corrected chi connectivity index (χ0v) is 30.2. The van der Waals surface area contributed by atoms with Gasteiger partial charge in [-0.15, -0.1) is 11.8 Å². The molecule has 2 aromatic heterocycles. The van der Waals surface area contributed by atoms with Crippen molar-refractivity contribution in [2.75, 3.05) is 48.7 Å². The Hall–Kier alpha value is -6.44. The topological polar surface area (TPSA) is 188 Å². The number of aromatic nitrogens is 2. The van der Waals surface area contributed by atoms with Crippen molar-refractivity contribution in [3.05, 3.63) is 142 Å². The van der Waals surface area contributed by atoms with Crippen molar-refractivity contribution in [2.24, 2.45) is 0 Å². The average molecular weight is 764 g/mol. The molecule has 1 saturated heterocycles. The van der Waals surface area contributed by atoms with E-state index in [4.69, 9.17) is 0 Å². The molecule has 3 N–H and O–H groups in total. The molecule has 0 spiro atoms. The maximum atomic E-state index is 13.3. The monoisotopic (exact) mass is 763 g/mol. The van der Waals surface area contributed by atoms with Gasteiger partial charge in [0.15, 0.2) is 0 Å². The molecule has 2 amide bonds. The molecule has 0 bridgehead atoms. The molecule has 0 aliphatic carbocycles. The van der Waals surface area contributed by atoms with Gasteiger partial charge in [-0.1, -0.05) is 30.0 Å². The number of hydrogen-bond acceptors (Lipinski definition) is 12. The molecule has 5 aromatic rings. The van der Waals surface area contributed by atoms with E-state index in [0.29, 0.717) is 55.2 Å². The number of nitrogens with one attached hydrogen (secondary N) is 2. The number of carbonyl (C=O) groups excluding carboxylic acids is 2. The minimum Gasteiger partial charge on any atom is -0.506 e. The van der Waals surface area contributed by atoms with Crippen molar-refractivity contribution in [2.45, 2.75) is 9.79 Å². The van der Waals surface area contributed by atoms with Crippen LogP contribution in [-0.4, -0.2) is 83.6 Å². The Morgan fingerprint density at radius 1 is 0.852 bits per heavy atom. The lowest BCUT2D eigenvalue weighted by Gasteiger charge is -2.36. The number of pyridine rings is 2. The molecule has 0 radical (unpaired) electrons. The van der Waals surface area contributed by atoms with Crippen LogP contribution in [0, 0.1) is 22.0 Å². The zero-order valence-electron chi connectivity index (χ0n) is 28.6. The minimum absolute atomic E-state index is 0.00270. The van der Waals surface area contributed by atoms with Gasteiger partial charge in [-0.2, -0.15) is 0 Å². The van der Waals surface area contributed by atoms with Crippen LogP contribution in [0.1, 0.15) is 31.8 Å². The Kier molecular flexibility index (Phi) is 11.7. The zero-order chi connectivity index (χ0) is 38.1. The predicted molar refractivity (Wildman–Crippen MR) is 204 cm³/mol. The van der Waals surface area contributed by atoms with Crippen LogP contribution in [0.3, 0.4) is 0 Å². The highest BCUT2D eigenvalue weighted by Gasteiger charge is 2.25. The maximum absolute atomic E-state index is 13.3. The van der Waals surface area contributed by atoms with Crippen molar-refractivity contribution >= 4 is 50.7 Å². The fourth-order valence-electron chi connectivity index (χ4n) is 5.53. The fraction of sp³-hybridized carbons (Fsp3) is 0.158. The third kappa shape index (κ3) is 9.50. The van der Waals surface area contributed by atoms with Crippen LogP contribution < -0.4 is 14.9 Å². The van der Waals surface area contributed by atoms with Crippen molar-refractivity contribution in [1.29, 1.82) is 0 Å². The van der Waals surface area contributed by atoms with Crippen LogP contribution in [0.5, 0.6) is 5.75 Å². The van der Waals surface area contributed by atoms with Crippen molar-refractivity contribution in [3.63, 3.8) is 0 Å². The highest BCUT2D eigenvalue weighted by molar-refractivity contribution is 7.99. The molecule has 1 aliphatic rings. The van der Waals surface area contributed by atoms with E-state index >= 15 is 0 Å². The van der Waals surface area contributed by atoms with Crippen LogP contribution in [0.25, 0.3) is 0 Å². The second kappa shape index (κ2) is 16.9. The van der Waals surface area contributed by atoms with E-state index in [2.05, 4.69) is 27.1 Å². The smallest absolute Gasteiger partial charge is 0.293 e. The third-order valence-corrected chi connectivity index (χ3v) is 10.6. The summed E-state index contributed by atoms with van der Waals surface area (Å²) < 4.78 is 28.2. The number of nitro benzene ring substituents is 1. The molecule has 14 nitrogen and oxygen atoms in total. The molecule has 6 rings (SSSR count). The van der Waals surface area contributed by atoms with Gasteiger partial charge in [0.2, 0.25) is 0 Å². The van der Waals surface area contributed by atoms with E-state index in [-0.39, 0.29) is 22.9 Å². The summed E-state index contributed by atoms with van der Waals surface area (Å²) in [5.74, 6) is 5.38. The number of hydrogen-bond donors (Lipinski definition) is 3. The standard InChI is InChI=1S/C38H33N7O7S2/c46-32-21-28(24-40-26-32)7-6-27-20-30(25-39-23-27)38(48)44-17-15-43(16-18-44)31-10-8-29(9-11-31)37(47)42-54(51,52)34-12-13-35(36(22-34)45(49)50)41-14-19-53-33-4-2-1-3-5-33/h1-5,8-13,20-26,41,46H,14-19H2,(H,42,47). The van der Waals surface area contributed by atoms with Crippen LogP contribution in [0.15, 0.2) is 120 Å². The molecule has 0 atom stereocenters. The summed E-state index contributed by atoms with van der Waals surface area (Å²) in [4.78, 5) is 49.8. The van der Waals surface area contributed by atoms with Crippen LogP contribution in [0.2, 0.25) is 0 Å². The van der Waals surface area contributed by atoms with Gasteiger partial charge < -0.3 is 20.2 Å². The van der Waals surface area contributed by atoms with Crippen LogP contribution in [0.4, 0.5) is 17.1 Å². The molecule has 274 valence electrons. The summed E-state index contributed by atoms with van der Waals surface area (Å²) in [6.45, 7) is 2.28. The molecule has 54 heavy (non-hydrogen) atoms. The van der Waals surface area contributed by atoms with E-state index < -0.39 is 31.4 Å². The molecule has 3 heterocycles. The first-order chi connectivity index (χ1) is 26.1. The molecule has 0 unspecified atom stereocenters. The number of aromatic hydroxyl groups is 1. The van der Waals surface area contributed by atoms with Gasteiger partial charge in [0.25, 0.3) is 27.5 Å². The van der Waals surface area contributed by atoms with Crippen LogP contribution in [-0.2, 0) is 10.0 Å². The van der Waals surface area contributed by atoms with Crippen LogP contribution >= 0.6 is 11.8 Å². The number of carbonyl (C=O) groups is 2. The third-order valence-electron chi connectivity index (χ3n) is 8.25. The van der Waals surface area contributed by atoms with Gasteiger partial charge in [0.05, 0.1) is 21.6 Å². The molecule has 0 saturated carbocycles. The highest BCUT2D eigenvalue weighted by atomic mass is 32.2. The molecule has 1 aliphatic heterocycles. The largest absolute Gasteiger partial charge is 0.506 e. The number of nitrogens with zero attached hydrogens (tertiary/aromatic N) is 5. The summed E-state index contributed by atoms with van der Waals surface area (Å²) in [5, 5.41) is 24.4. The first-order valence-electron chi connectivity index (χ1n) is 16.6. The number of rotatable bonds is 11. The normalized spacial score (nSPS) is 12.7. The summed E-state index contributed by atoms with van der Waals surface area (Å²) in [5.41, 5.74) is 2.05. The fourth-order valence-corrected chi connectivity index (χ4v) is 7.31. The van der Waals surface area contributed by atoms with Gasteiger partial charge in [-0.25, -0.2) is 13.1 Å². The van der Waals surface area contributed by atoms with Crippen molar-refractivity contribution in [1.82, 2.24) is 19.6 Å². The quantitative estimate of drug-likeness (QED) is 0.0551. The second-order valence-corrected chi connectivity index (χ2v) is 14.8. The number of amides is 2. The first kappa shape index (κ1) is 37.3. The summed E-state index contributed by atoms with van der Waals surface area (Å²) in [6.07, 6.45) is 5.87. The number of sulfonamides is 1. The van der Waals surface area contributed by atoms with Gasteiger partial charge in [0.1, 0.15) is 11.4 Å². The van der Waals surface area contributed by atoms with E-state index in [1.165, 1.54) is 48.9 Å². The summed E-state index contributed by atoms with van der Waals surface area (Å²) in [6, 6.07) is 22.6. The van der Waals surface area contributed by atoms with E-state index in [0.717, 1.165) is 16.6 Å². The Bertz CT molecular complexity index is 2340. The Morgan fingerprint density at radius 2 is 1.54 bits per heavy atom. The minimum atomic E-state index is -4.44. The summed E-state index contributed by atoms with van der Waals surface area (Å²) in [7, 11) is -4.44. The van der Waals surface area contributed by atoms with Crippen molar-refractivity contribution < 1.29 is 28.0 Å². The Morgan fingerprint density at radius 3 is 2.22 bits per heavy atom. The second-order valence-electron chi connectivity index (χ2n) is 11.9. The Labute approximate surface area is 315 Å². The first-order valence-corrected chi connectivity index (χ1v) is 19.1. The maximum Gasteiger partial charge on any atom is 0.293 e. The number of piperazine rings is 1. The predicted octanol–water partition coefficient (Wildman–Crippen LogP) is 4.78. The van der Waals surface area contributed by atoms with E-state index in [9.17, 15) is 33.2 Å². The van der Waals surface area contributed by atoms with Crippen molar-refractivity contribution in [3.8, 4) is 17.6 Å². The number of benzene rings is 3. The lowest BCUT2D eigenvalue weighted by atomic mass is 10.1. The highest BCUT2D eigenvalue weighted by Crippen LogP contribution is 2.28. The number of anilines is 2.